The van der Waals surface area contributed by atoms with Crippen molar-refractivity contribution in [2.24, 2.45) is 0 Å². The third kappa shape index (κ3) is 4.39. The number of nitrogens with one attached hydrogen (secondary N) is 1. The van der Waals surface area contributed by atoms with Crippen LogP contribution in [-0.2, 0) is 22.6 Å². The highest BCUT2D eigenvalue weighted by Gasteiger charge is 2.09. The van der Waals surface area contributed by atoms with Gasteiger partial charge in [0.05, 0.1) is 5.69 Å². The Bertz CT molecular complexity index is 536. The minimum Gasteiger partial charge on any atom is -0.355 e. The molecule has 2 rings (SSSR count). The molecule has 1 aromatic carbocycles. The lowest BCUT2D eigenvalue weighted by molar-refractivity contribution is -0.0989. The predicted molar refractivity (Wildman–Crippen MR) is 82.0 cm³/mol. The lowest BCUT2D eigenvalue weighted by Crippen LogP contribution is -2.30. The molecule has 0 radical (unpaired) electrons. The molecule has 21 heavy (non-hydrogen) atoms. The number of hydrogen-bond donors (Lipinski definition) is 1. The largest absolute Gasteiger partial charge is 0.355 e. The van der Waals surface area contributed by atoms with Gasteiger partial charge in [0.25, 0.3) is 0 Å². The monoisotopic (exact) mass is 289 g/mol. The Kier molecular flexibility index (Phi) is 5.92. The van der Waals surface area contributed by atoms with E-state index in [0.29, 0.717) is 6.54 Å². The van der Waals surface area contributed by atoms with Gasteiger partial charge in [-0.25, -0.2) is 4.98 Å². The van der Waals surface area contributed by atoms with E-state index in [0.717, 1.165) is 24.6 Å². The number of benzene rings is 1. The van der Waals surface area contributed by atoms with Gasteiger partial charge in [0, 0.05) is 40.1 Å². The van der Waals surface area contributed by atoms with E-state index >= 15 is 0 Å². The number of methoxy groups -OCH3 is 2. The van der Waals surface area contributed by atoms with Crippen LogP contribution in [0.3, 0.4) is 0 Å². The fourth-order valence-corrected chi connectivity index (χ4v) is 2.22. The number of aromatic nitrogens is 2. The van der Waals surface area contributed by atoms with Gasteiger partial charge >= 0.3 is 0 Å². The lowest BCUT2D eigenvalue weighted by atomic mass is 10.2. The SMILES string of the molecule is COC(CNCc1cnc(C)n1Cc1ccccc1)OC. The van der Waals surface area contributed by atoms with E-state index in [-0.39, 0.29) is 6.29 Å². The zero-order chi connectivity index (χ0) is 15.1. The maximum absolute atomic E-state index is 5.16. The predicted octanol–water partition coefficient (Wildman–Crippen LogP) is 1.95. The van der Waals surface area contributed by atoms with Gasteiger partial charge in [-0.1, -0.05) is 30.3 Å². The molecule has 5 nitrogen and oxygen atoms in total. The maximum Gasteiger partial charge on any atom is 0.169 e. The highest BCUT2D eigenvalue weighted by molar-refractivity contribution is 5.17. The second-order valence-electron chi connectivity index (χ2n) is 4.90. The van der Waals surface area contributed by atoms with E-state index in [1.165, 1.54) is 5.56 Å². The summed E-state index contributed by atoms with van der Waals surface area (Å²) >= 11 is 0. The second-order valence-corrected chi connectivity index (χ2v) is 4.90. The van der Waals surface area contributed by atoms with Gasteiger partial charge in [0.1, 0.15) is 5.82 Å². The maximum atomic E-state index is 5.16. The molecule has 5 heteroatoms. The third-order valence-corrected chi connectivity index (χ3v) is 3.46. The van der Waals surface area contributed by atoms with Gasteiger partial charge < -0.3 is 19.4 Å². The molecule has 0 aliphatic heterocycles. The Morgan fingerprint density at radius 1 is 1.19 bits per heavy atom. The van der Waals surface area contributed by atoms with Crippen molar-refractivity contribution < 1.29 is 9.47 Å². The summed E-state index contributed by atoms with van der Waals surface area (Å²) in [5, 5.41) is 3.33. The van der Waals surface area contributed by atoms with Crippen LogP contribution in [0, 0.1) is 6.92 Å². The molecular formula is C16H23N3O2. The Balaban J connectivity index is 1.98. The first-order valence-electron chi connectivity index (χ1n) is 7.05. The highest BCUT2D eigenvalue weighted by atomic mass is 16.7. The van der Waals surface area contributed by atoms with E-state index in [1.807, 2.05) is 19.2 Å². The summed E-state index contributed by atoms with van der Waals surface area (Å²) in [5.41, 5.74) is 2.42. The second kappa shape index (κ2) is 7.93. The average Bonchev–Trinajstić information content (AvgIpc) is 2.86. The zero-order valence-electron chi connectivity index (χ0n) is 12.9. The molecule has 2 aromatic rings. The van der Waals surface area contributed by atoms with Crippen LogP contribution in [0.25, 0.3) is 0 Å². The van der Waals surface area contributed by atoms with Gasteiger partial charge in [-0.05, 0) is 12.5 Å². The summed E-state index contributed by atoms with van der Waals surface area (Å²) in [6, 6.07) is 10.4. The number of ether oxygens (including phenoxy) is 2. The zero-order valence-corrected chi connectivity index (χ0v) is 12.9. The lowest BCUT2D eigenvalue weighted by Gasteiger charge is -2.15. The first kappa shape index (κ1) is 15.7. The highest BCUT2D eigenvalue weighted by Crippen LogP contribution is 2.09. The summed E-state index contributed by atoms with van der Waals surface area (Å²) in [7, 11) is 3.28. The summed E-state index contributed by atoms with van der Waals surface area (Å²) in [6.07, 6.45) is 1.69. The molecule has 0 aliphatic carbocycles. The van der Waals surface area contributed by atoms with Crippen LogP contribution in [0.2, 0.25) is 0 Å². The molecule has 1 heterocycles. The van der Waals surface area contributed by atoms with Gasteiger partial charge in [0.2, 0.25) is 0 Å². The van der Waals surface area contributed by atoms with Crippen molar-refractivity contribution in [3.8, 4) is 0 Å². The Labute approximate surface area is 125 Å². The van der Waals surface area contributed by atoms with Gasteiger partial charge in [-0.3, -0.25) is 0 Å². The fraction of sp³-hybridized carbons (Fsp3) is 0.438. The summed E-state index contributed by atoms with van der Waals surface area (Å²) < 4.78 is 12.5. The third-order valence-electron chi connectivity index (χ3n) is 3.46. The van der Waals surface area contributed by atoms with Crippen molar-refractivity contribution >= 4 is 0 Å². The first-order chi connectivity index (χ1) is 10.2. The summed E-state index contributed by atoms with van der Waals surface area (Å²) in [4.78, 5) is 4.41. The van der Waals surface area contributed by atoms with Crippen molar-refractivity contribution in [2.75, 3.05) is 20.8 Å². The Morgan fingerprint density at radius 3 is 2.57 bits per heavy atom. The first-order valence-corrected chi connectivity index (χ1v) is 7.05. The molecule has 0 unspecified atom stereocenters. The Morgan fingerprint density at radius 2 is 1.90 bits per heavy atom. The molecule has 0 aliphatic rings. The number of rotatable bonds is 8. The molecule has 0 bridgehead atoms. The van der Waals surface area contributed by atoms with Crippen molar-refractivity contribution in [2.45, 2.75) is 26.3 Å². The van der Waals surface area contributed by atoms with Crippen molar-refractivity contribution in [1.82, 2.24) is 14.9 Å². The minimum atomic E-state index is -0.225. The van der Waals surface area contributed by atoms with Gasteiger partial charge in [0.15, 0.2) is 6.29 Å². The quantitative estimate of drug-likeness (QED) is 0.755. The van der Waals surface area contributed by atoms with Gasteiger partial charge in [-0.2, -0.15) is 0 Å². The van der Waals surface area contributed by atoms with E-state index < -0.39 is 0 Å². The molecule has 0 fully saturated rings. The van der Waals surface area contributed by atoms with Crippen molar-refractivity contribution in [3.05, 3.63) is 53.6 Å². The average molecular weight is 289 g/mol. The minimum absolute atomic E-state index is 0.225. The molecule has 0 saturated carbocycles. The standard InChI is InChI=1S/C16H23N3O2/c1-13-18-10-15(9-17-11-16(20-2)21-3)19(13)12-14-7-5-4-6-8-14/h4-8,10,16-17H,9,11-12H2,1-3H3. The molecule has 0 saturated heterocycles. The number of nitrogens with zero attached hydrogens (tertiary/aromatic N) is 2. The molecule has 1 aromatic heterocycles. The summed E-state index contributed by atoms with van der Waals surface area (Å²) in [5.74, 6) is 1.02. The molecule has 114 valence electrons. The normalized spacial score (nSPS) is 11.2. The number of aryl methyl sites for hydroxylation is 1. The number of hydrogen-bond acceptors (Lipinski definition) is 4. The Hall–Kier alpha value is -1.69. The van der Waals surface area contributed by atoms with Gasteiger partial charge in [-0.15, -0.1) is 0 Å². The van der Waals surface area contributed by atoms with E-state index in [9.17, 15) is 0 Å². The van der Waals surface area contributed by atoms with Crippen LogP contribution in [0.1, 0.15) is 17.1 Å². The molecular weight excluding hydrogens is 266 g/mol. The van der Waals surface area contributed by atoms with Crippen molar-refractivity contribution in [3.63, 3.8) is 0 Å². The van der Waals surface area contributed by atoms with E-state index in [4.69, 9.17) is 9.47 Å². The van der Waals surface area contributed by atoms with Crippen LogP contribution in [0.15, 0.2) is 36.5 Å². The van der Waals surface area contributed by atoms with Crippen LogP contribution in [0.5, 0.6) is 0 Å². The number of imidazole rings is 1. The van der Waals surface area contributed by atoms with E-state index in [1.54, 1.807) is 14.2 Å². The molecule has 0 amide bonds. The molecule has 0 spiro atoms. The molecule has 0 atom stereocenters. The van der Waals surface area contributed by atoms with Crippen LogP contribution < -0.4 is 5.32 Å². The summed E-state index contributed by atoms with van der Waals surface area (Å²) in [6.45, 7) is 4.24. The van der Waals surface area contributed by atoms with Crippen LogP contribution >= 0.6 is 0 Å². The molecule has 1 N–H and O–H groups in total. The van der Waals surface area contributed by atoms with Crippen LogP contribution in [-0.4, -0.2) is 36.6 Å². The van der Waals surface area contributed by atoms with Crippen LogP contribution in [0.4, 0.5) is 0 Å². The smallest absolute Gasteiger partial charge is 0.169 e. The fourth-order valence-electron chi connectivity index (χ4n) is 2.22. The van der Waals surface area contributed by atoms with Crippen molar-refractivity contribution in [1.29, 1.82) is 0 Å². The topological polar surface area (TPSA) is 48.3 Å². The van der Waals surface area contributed by atoms with E-state index in [2.05, 4.69) is 39.1 Å².